The Morgan fingerprint density at radius 2 is 2.05 bits per heavy atom. The van der Waals surface area contributed by atoms with Gasteiger partial charge in [0, 0.05) is 6.54 Å². The van der Waals surface area contributed by atoms with Gasteiger partial charge in [0.2, 0.25) is 0 Å². The maximum atomic E-state index is 9.80. The molecule has 1 saturated carbocycles. The highest BCUT2D eigenvalue weighted by Gasteiger charge is 2.20. The third kappa shape index (κ3) is 5.62. The van der Waals surface area contributed by atoms with Gasteiger partial charge in [-0.3, -0.25) is 0 Å². The first-order valence-electron chi connectivity index (χ1n) is 7.38. The quantitative estimate of drug-likeness (QED) is 0.672. The molecule has 1 aliphatic carbocycles. The van der Waals surface area contributed by atoms with Crippen LogP contribution in [0.1, 0.15) is 31.7 Å². The lowest BCUT2D eigenvalue weighted by molar-refractivity contribution is 0.106. The van der Waals surface area contributed by atoms with Gasteiger partial charge in [-0.2, -0.15) is 0 Å². The first-order chi connectivity index (χ1) is 9.28. The van der Waals surface area contributed by atoms with Crippen LogP contribution < -0.4 is 10.1 Å². The Morgan fingerprint density at radius 3 is 2.68 bits per heavy atom. The molecule has 106 valence electrons. The molecule has 1 atom stereocenters. The first kappa shape index (κ1) is 14.4. The number of ether oxygens (including phenoxy) is 1. The number of aliphatic hydroxyl groups excluding tert-OH is 1. The van der Waals surface area contributed by atoms with Gasteiger partial charge in [-0.15, -0.1) is 0 Å². The van der Waals surface area contributed by atoms with Gasteiger partial charge in [0.1, 0.15) is 18.5 Å². The number of aliphatic hydroxyl groups is 1. The van der Waals surface area contributed by atoms with Crippen LogP contribution in [0.25, 0.3) is 0 Å². The summed E-state index contributed by atoms with van der Waals surface area (Å²) >= 11 is 0. The Kier molecular flexibility index (Phi) is 5.67. The molecule has 0 aliphatic heterocycles. The summed E-state index contributed by atoms with van der Waals surface area (Å²) in [5.41, 5.74) is 1.30. The lowest BCUT2D eigenvalue weighted by Gasteiger charge is -2.13. The summed E-state index contributed by atoms with van der Waals surface area (Å²) in [6.07, 6.45) is 4.62. The van der Waals surface area contributed by atoms with Crippen LogP contribution in [-0.4, -0.2) is 30.9 Å². The van der Waals surface area contributed by atoms with Crippen LogP contribution in [0.2, 0.25) is 0 Å². The highest BCUT2D eigenvalue weighted by atomic mass is 16.5. The summed E-state index contributed by atoms with van der Waals surface area (Å²) < 4.78 is 5.57. The number of rotatable bonds is 9. The molecule has 0 spiro atoms. The molecule has 1 aliphatic rings. The van der Waals surface area contributed by atoms with E-state index in [2.05, 4.69) is 24.4 Å². The SMILES string of the molecule is CCc1ccc(OCC(O)CNCCC2CC2)cc1. The second-order valence-corrected chi connectivity index (χ2v) is 5.40. The lowest BCUT2D eigenvalue weighted by atomic mass is 10.2. The second-order valence-electron chi connectivity index (χ2n) is 5.40. The van der Waals surface area contributed by atoms with Crippen LogP contribution in [-0.2, 0) is 6.42 Å². The third-order valence-corrected chi connectivity index (χ3v) is 3.58. The van der Waals surface area contributed by atoms with Crippen molar-refractivity contribution in [3.05, 3.63) is 29.8 Å². The van der Waals surface area contributed by atoms with Crippen molar-refractivity contribution in [3.8, 4) is 5.75 Å². The zero-order chi connectivity index (χ0) is 13.5. The Morgan fingerprint density at radius 1 is 1.32 bits per heavy atom. The van der Waals surface area contributed by atoms with Crippen LogP contribution in [0.5, 0.6) is 5.75 Å². The maximum absolute atomic E-state index is 9.80. The van der Waals surface area contributed by atoms with Gasteiger partial charge in [0.15, 0.2) is 0 Å². The molecule has 0 bridgehead atoms. The Hall–Kier alpha value is -1.06. The Balaban J connectivity index is 1.57. The average Bonchev–Trinajstić information content (AvgIpc) is 3.26. The number of aryl methyl sites for hydroxylation is 1. The van der Waals surface area contributed by atoms with E-state index in [-0.39, 0.29) is 0 Å². The molecule has 0 radical (unpaired) electrons. The van der Waals surface area contributed by atoms with E-state index < -0.39 is 6.10 Å². The number of nitrogens with one attached hydrogen (secondary N) is 1. The van der Waals surface area contributed by atoms with Crippen molar-refractivity contribution < 1.29 is 9.84 Å². The van der Waals surface area contributed by atoms with E-state index in [1.807, 2.05) is 12.1 Å². The maximum Gasteiger partial charge on any atom is 0.119 e. The summed E-state index contributed by atoms with van der Waals surface area (Å²) in [6, 6.07) is 8.06. The Bertz CT molecular complexity index is 360. The van der Waals surface area contributed by atoms with E-state index in [0.29, 0.717) is 13.2 Å². The van der Waals surface area contributed by atoms with Crippen molar-refractivity contribution in [2.75, 3.05) is 19.7 Å². The molecule has 19 heavy (non-hydrogen) atoms. The Labute approximate surface area is 116 Å². The van der Waals surface area contributed by atoms with Crippen LogP contribution in [0, 0.1) is 5.92 Å². The van der Waals surface area contributed by atoms with E-state index in [1.165, 1.54) is 24.8 Å². The van der Waals surface area contributed by atoms with Gasteiger partial charge in [-0.25, -0.2) is 0 Å². The molecular weight excluding hydrogens is 238 g/mol. The summed E-state index contributed by atoms with van der Waals surface area (Å²) in [7, 11) is 0. The minimum Gasteiger partial charge on any atom is -0.491 e. The topological polar surface area (TPSA) is 41.5 Å². The molecule has 0 aromatic heterocycles. The van der Waals surface area contributed by atoms with Crippen LogP contribution in [0.4, 0.5) is 0 Å². The summed E-state index contributed by atoms with van der Waals surface area (Å²) in [5.74, 6) is 1.77. The molecule has 1 unspecified atom stereocenters. The summed E-state index contributed by atoms with van der Waals surface area (Å²) in [5, 5.41) is 13.1. The molecule has 3 nitrogen and oxygen atoms in total. The highest BCUT2D eigenvalue weighted by Crippen LogP contribution is 2.31. The van der Waals surface area contributed by atoms with Crippen molar-refractivity contribution in [3.63, 3.8) is 0 Å². The van der Waals surface area contributed by atoms with Crippen LogP contribution in [0.3, 0.4) is 0 Å². The molecule has 1 fully saturated rings. The standard InChI is InChI=1S/C16H25NO2/c1-2-13-5-7-16(8-6-13)19-12-15(18)11-17-10-9-14-3-4-14/h5-8,14-15,17-18H,2-4,9-12H2,1H3. The minimum absolute atomic E-state index is 0.349. The monoisotopic (exact) mass is 263 g/mol. The van der Waals surface area contributed by atoms with Crippen molar-refractivity contribution in [2.24, 2.45) is 5.92 Å². The largest absolute Gasteiger partial charge is 0.491 e. The van der Waals surface area contributed by atoms with Gasteiger partial charge in [-0.1, -0.05) is 31.9 Å². The van der Waals surface area contributed by atoms with Crippen LogP contribution >= 0.6 is 0 Å². The fourth-order valence-electron chi connectivity index (χ4n) is 2.05. The van der Waals surface area contributed by atoms with Crippen molar-refractivity contribution in [1.82, 2.24) is 5.32 Å². The number of hydrogen-bond donors (Lipinski definition) is 2. The van der Waals surface area contributed by atoms with Crippen molar-refractivity contribution in [2.45, 2.75) is 38.7 Å². The molecular formula is C16H25NO2. The van der Waals surface area contributed by atoms with Gasteiger partial charge < -0.3 is 15.2 Å². The average molecular weight is 263 g/mol. The van der Waals surface area contributed by atoms with Gasteiger partial charge in [-0.05, 0) is 43.0 Å². The molecule has 1 aromatic carbocycles. The van der Waals surface area contributed by atoms with Gasteiger partial charge in [0.25, 0.3) is 0 Å². The number of benzene rings is 1. The molecule has 2 rings (SSSR count). The second kappa shape index (κ2) is 7.51. The fourth-order valence-corrected chi connectivity index (χ4v) is 2.05. The molecule has 0 amide bonds. The van der Waals surface area contributed by atoms with E-state index in [0.717, 1.165) is 24.6 Å². The van der Waals surface area contributed by atoms with Crippen molar-refractivity contribution in [1.29, 1.82) is 0 Å². The number of hydrogen-bond acceptors (Lipinski definition) is 3. The van der Waals surface area contributed by atoms with E-state index in [4.69, 9.17) is 4.74 Å². The lowest BCUT2D eigenvalue weighted by Crippen LogP contribution is -2.32. The summed E-state index contributed by atoms with van der Waals surface area (Å²) in [6.45, 7) is 4.10. The fraction of sp³-hybridized carbons (Fsp3) is 0.625. The van der Waals surface area contributed by atoms with E-state index >= 15 is 0 Å². The van der Waals surface area contributed by atoms with Crippen LogP contribution in [0.15, 0.2) is 24.3 Å². The predicted octanol–water partition coefficient (Wildman–Crippen LogP) is 2.38. The van der Waals surface area contributed by atoms with E-state index in [1.54, 1.807) is 0 Å². The summed E-state index contributed by atoms with van der Waals surface area (Å²) in [4.78, 5) is 0. The molecule has 0 heterocycles. The first-order valence-corrected chi connectivity index (χ1v) is 7.38. The molecule has 3 heteroatoms. The zero-order valence-corrected chi connectivity index (χ0v) is 11.8. The normalized spacial score (nSPS) is 16.3. The third-order valence-electron chi connectivity index (χ3n) is 3.58. The molecule has 1 aromatic rings. The predicted molar refractivity (Wildman–Crippen MR) is 77.5 cm³/mol. The smallest absolute Gasteiger partial charge is 0.119 e. The minimum atomic E-state index is -0.440. The molecule has 2 N–H and O–H groups in total. The van der Waals surface area contributed by atoms with E-state index in [9.17, 15) is 5.11 Å². The highest BCUT2D eigenvalue weighted by molar-refractivity contribution is 5.27. The van der Waals surface area contributed by atoms with Gasteiger partial charge in [0.05, 0.1) is 0 Å². The van der Waals surface area contributed by atoms with Gasteiger partial charge >= 0.3 is 0 Å². The zero-order valence-electron chi connectivity index (χ0n) is 11.8. The van der Waals surface area contributed by atoms with Crippen molar-refractivity contribution >= 4 is 0 Å². The molecule has 0 saturated heterocycles.